The SMILES string of the molecule is CCCNC(C)C(C)(C)CN1CCCC(OCCC)C1. The lowest BCUT2D eigenvalue weighted by Gasteiger charge is -2.41. The minimum atomic E-state index is 0.307. The van der Waals surface area contributed by atoms with Crippen molar-refractivity contribution in [2.75, 3.05) is 32.8 Å². The molecule has 3 heteroatoms. The van der Waals surface area contributed by atoms with E-state index in [4.69, 9.17) is 4.74 Å². The van der Waals surface area contributed by atoms with Crippen LogP contribution in [-0.2, 0) is 4.74 Å². The first-order chi connectivity index (χ1) is 9.49. The van der Waals surface area contributed by atoms with Crippen molar-refractivity contribution in [3.8, 4) is 0 Å². The van der Waals surface area contributed by atoms with Crippen LogP contribution in [0.5, 0.6) is 0 Å². The first kappa shape index (κ1) is 17.9. The molecule has 1 aliphatic rings. The van der Waals surface area contributed by atoms with Crippen molar-refractivity contribution in [3.05, 3.63) is 0 Å². The topological polar surface area (TPSA) is 24.5 Å². The van der Waals surface area contributed by atoms with Gasteiger partial charge >= 0.3 is 0 Å². The van der Waals surface area contributed by atoms with E-state index in [2.05, 4.69) is 44.8 Å². The lowest BCUT2D eigenvalue weighted by molar-refractivity contribution is -0.0116. The van der Waals surface area contributed by atoms with Gasteiger partial charge in [0.25, 0.3) is 0 Å². The van der Waals surface area contributed by atoms with Crippen LogP contribution in [-0.4, -0.2) is 49.8 Å². The van der Waals surface area contributed by atoms with Gasteiger partial charge in [-0.1, -0.05) is 27.7 Å². The highest BCUT2D eigenvalue weighted by molar-refractivity contribution is 4.86. The van der Waals surface area contributed by atoms with E-state index < -0.39 is 0 Å². The highest BCUT2D eigenvalue weighted by Crippen LogP contribution is 2.24. The maximum Gasteiger partial charge on any atom is 0.0702 e. The molecule has 0 bridgehead atoms. The minimum Gasteiger partial charge on any atom is -0.377 e. The Kier molecular flexibility index (Phi) is 8.08. The molecule has 0 aliphatic carbocycles. The fourth-order valence-corrected chi connectivity index (χ4v) is 2.93. The summed E-state index contributed by atoms with van der Waals surface area (Å²) >= 11 is 0. The van der Waals surface area contributed by atoms with Gasteiger partial charge in [-0.05, 0) is 51.1 Å². The molecule has 0 aromatic rings. The van der Waals surface area contributed by atoms with Crippen molar-refractivity contribution < 1.29 is 4.74 Å². The van der Waals surface area contributed by atoms with E-state index in [1.807, 2.05) is 0 Å². The molecule has 2 unspecified atom stereocenters. The molecule has 1 aliphatic heterocycles. The Morgan fingerprint density at radius 3 is 2.70 bits per heavy atom. The van der Waals surface area contributed by atoms with Crippen LogP contribution in [0.3, 0.4) is 0 Å². The summed E-state index contributed by atoms with van der Waals surface area (Å²) in [5.74, 6) is 0. The zero-order chi connectivity index (χ0) is 15.0. The van der Waals surface area contributed by atoms with Crippen LogP contribution in [0.2, 0.25) is 0 Å². The molecule has 0 radical (unpaired) electrons. The number of ether oxygens (including phenoxy) is 1. The number of hydrogen-bond acceptors (Lipinski definition) is 3. The quantitative estimate of drug-likeness (QED) is 0.703. The summed E-state index contributed by atoms with van der Waals surface area (Å²) in [5, 5.41) is 3.65. The molecule has 1 heterocycles. The van der Waals surface area contributed by atoms with E-state index in [1.165, 1.54) is 25.8 Å². The van der Waals surface area contributed by atoms with Crippen molar-refractivity contribution in [1.82, 2.24) is 10.2 Å². The number of nitrogens with one attached hydrogen (secondary N) is 1. The summed E-state index contributed by atoms with van der Waals surface area (Å²) in [7, 11) is 0. The predicted octanol–water partition coefficient (Wildman–Crippen LogP) is 3.29. The van der Waals surface area contributed by atoms with Gasteiger partial charge in [-0.2, -0.15) is 0 Å². The van der Waals surface area contributed by atoms with E-state index >= 15 is 0 Å². The summed E-state index contributed by atoms with van der Waals surface area (Å²) in [4.78, 5) is 2.61. The van der Waals surface area contributed by atoms with Crippen LogP contribution in [0, 0.1) is 5.41 Å². The molecule has 20 heavy (non-hydrogen) atoms. The summed E-state index contributed by atoms with van der Waals surface area (Å²) in [5.41, 5.74) is 0.307. The number of nitrogens with zero attached hydrogens (tertiary/aromatic N) is 1. The van der Waals surface area contributed by atoms with E-state index in [1.54, 1.807) is 0 Å². The Balaban J connectivity index is 2.40. The summed E-state index contributed by atoms with van der Waals surface area (Å²) in [6.45, 7) is 17.1. The van der Waals surface area contributed by atoms with E-state index in [0.717, 1.165) is 32.7 Å². The Bertz CT molecular complexity index is 255. The summed E-state index contributed by atoms with van der Waals surface area (Å²) in [6.07, 6.45) is 5.30. The van der Waals surface area contributed by atoms with Gasteiger partial charge < -0.3 is 15.0 Å². The molecule has 2 atom stereocenters. The van der Waals surface area contributed by atoms with Gasteiger partial charge in [0, 0.05) is 25.7 Å². The van der Waals surface area contributed by atoms with Gasteiger partial charge in [-0.3, -0.25) is 0 Å². The molecule has 1 saturated heterocycles. The molecule has 120 valence electrons. The second-order valence-electron chi connectivity index (χ2n) is 7.03. The van der Waals surface area contributed by atoms with Gasteiger partial charge in [-0.25, -0.2) is 0 Å². The van der Waals surface area contributed by atoms with E-state index in [0.29, 0.717) is 17.6 Å². The van der Waals surface area contributed by atoms with Crippen molar-refractivity contribution in [2.24, 2.45) is 5.41 Å². The molecule has 1 fully saturated rings. The van der Waals surface area contributed by atoms with Gasteiger partial charge in [-0.15, -0.1) is 0 Å². The number of hydrogen-bond donors (Lipinski definition) is 1. The Morgan fingerprint density at radius 1 is 1.30 bits per heavy atom. The van der Waals surface area contributed by atoms with E-state index in [9.17, 15) is 0 Å². The monoisotopic (exact) mass is 284 g/mol. The highest BCUT2D eigenvalue weighted by Gasteiger charge is 2.30. The van der Waals surface area contributed by atoms with Crippen molar-refractivity contribution in [1.29, 1.82) is 0 Å². The molecule has 0 amide bonds. The van der Waals surface area contributed by atoms with E-state index in [-0.39, 0.29) is 0 Å². The molecular weight excluding hydrogens is 248 g/mol. The van der Waals surface area contributed by atoms with Gasteiger partial charge in [0.15, 0.2) is 0 Å². The van der Waals surface area contributed by atoms with Crippen LogP contribution in [0.4, 0.5) is 0 Å². The minimum absolute atomic E-state index is 0.307. The lowest BCUT2D eigenvalue weighted by atomic mass is 9.84. The molecule has 0 spiro atoms. The maximum atomic E-state index is 5.94. The predicted molar refractivity (Wildman–Crippen MR) is 87.2 cm³/mol. The van der Waals surface area contributed by atoms with Crippen LogP contribution >= 0.6 is 0 Å². The molecule has 1 rings (SSSR count). The zero-order valence-corrected chi connectivity index (χ0v) is 14.4. The van der Waals surface area contributed by atoms with Gasteiger partial charge in [0.2, 0.25) is 0 Å². The van der Waals surface area contributed by atoms with Crippen LogP contribution in [0.1, 0.15) is 60.3 Å². The molecule has 0 aromatic heterocycles. The normalized spacial score (nSPS) is 22.9. The first-order valence-electron chi connectivity index (χ1n) is 8.57. The number of piperidine rings is 1. The van der Waals surface area contributed by atoms with Crippen molar-refractivity contribution >= 4 is 0 Å². The van der Waals surface area contributed by atoms with Crippen LogP contribution in [0.25, 0.3) is 0 Å². The smallest absolute Gasteiger partial charge is 0.0702 e. The largest absolute Gasteiger partial charge is 0.377 e. The molecule has 0 saturated carbocycles. The lowest BCUT2D eigenvalue weighted by Crippen LogP contribution is -2.50. The van der Waals surface area contributed by atoms with Crippen LogP contribution in [0.15, 0.2) is 0 Å². The zero-order valence-electron chi connectivity index (χ0n) is 14.4. The Morgan fingerprint density at radius 2 is 2.05 bits per heavy atom. The fraction of sp³-hybridized carbons (Fsp3) is 1.00. The maximum absolute atomic E-state index is 5.94. The standard InChI is InChI=1S/C17H36N2O/c1-6-10-18-15(3)17(4,5)14-19-11-8-9-16(13-19)20-12-7-2/h15-16,18H,6-14H2,1-5H3. The number of likely N-dealkylation sites (tertiary alicyclic amines) is 1. The molecule has 0 aromatic carbocycles. The third-order valence-electron chi connectivity index (χ3n) is 4.52. The average Bonchev–Trinajstić information content (AvgIpc) is 2.42. The Hall–Kier alpha value is -0.120. The third-order valence-corrected chi connectivity index (χ3v) is 4.52. The fourth-order valence-electron chi connectivity index (χ4n) is 2.93. The first-order valence-corrected chi connectivity index (χ1v) is 8.57. The molecule has 3 nitrogen and oxygen atoms in total. The number of rotatable bonds is 9. The van der Waals surface area contributed by atoms with Crippen LogP contribution < -0.4 is 5.32 Å². The second-order valence-corrected chi connectivity index (χ2v) is 7.03. The van der Waals surface area contributed by atoms with Crippen molar-refractivity contribution in [2.45, 2.75) is 72.4 Å². The third kappa shape index (κ3) is 6.11. The van der Waals surface area contributed by atoms with Gasteiger partial charge in [0.05, 0.1) is 6.10 Å². The highest BCUT2D eigenvalue weighted by atomic mass is 16.5. The van der Waals surface area contributed by atoms with Crippen molar-refractivity contribution in [3.63, 3.8) is 0 Å². The summed E-state index contributed by atoms with van der Waals surface area (Å²) < 4.78 is 5.94. The Labute approximate surface area is 126 Å². The average molecular weight is 284 g/mol. The van der Waals surface area contributed by atoms with Gasteiger partial charge in [0.1, 0.15) is 0 Å². The molecule has 1 N–H and O–H groups in total. The second kappa shape index (κ2) is 9.01. The molecular formula is C17H36N2O. The summed E-state index contributed by atoms with van der Waals surface area (Å²) in [6, 6.07) is 0.555.